The molecule has 0 fully saturated rings. The topological polar surface area (TPSA) is 92.5 Å². The molecule has 2 N–H and O–H groups in total. The summed E-state index contributed by atoms with van der Waals surface area (Å²) in [6, 6.07) is 5.50. The number of non-ortho nitro benzene ring substituents is 1. The third kappa shape index (κ3) is 3.03. The maximum atomic E-state index is 11.1. The number of aliphatic hydroxyl groups excluding tert-OH is 1. The van der Waals surface area contributed by atoms with E-state index >= 15 is 0 Å². The van der Waals surface area contributed by atoms with E-state index in [-0.39, 0.29) is 11.4 Å². The number of nitrogens with zero attached hydrogens (tertiary/aromatic N) is 1. The molecule has 1 aromatic carbocycles. The van der Waals surface area contributed by atoms with Crippen LogP contribution < -0.4 is 5.32 Å². The second kappa shape index (κ2) is 4.52. The Balaban J connectivity index is 2.83. The predicted molar refractivity (Wildman–Crippen MR) is 53.4 cm³/mol. The second-order valence-corrected chi connectivity index (χ2v) is 2.97. The summed E-state index contributed by atoms with van der Waals surface area (Å²) in [6.07, 6.45) is -1.15. The first kappa shape index (κ1) is 11.1. The number of nitro benzene ring substituents is 1. The number of nitrogens with one attached hydrogen (secondary N) is 1. The number of anilines is 1. The molecule has 1 atom stereocenters. The molecule has 0 unspecified atom stereocenters. The van der Waals surface area contributed by atoms with Crippen LogP contribution in [0.15, 0.2) is 24.3 Å². The van der Waals surface area contributed by atoms with Gasteiger partial charge in [0.1, 0.15) is 6.10 Å². The van der Waals surface area contributed by atoms with Crippen LogP contribution in [-0.2, 0) is 4.79 Å². The highest BCUT2D eigenvalue weighted by atomic mass is 16.6. The van der Waals surface area contributed by atoms with Gasteiger partial charge in [-0.05, 0) is 13.0 Å². The van der Waals surface area contributed by atoms with E-state index in [1.54, 1.807) is 0 Å². The van der Waals surface area contributed by atoms with Gasteiger partial charge in [-0.3, -0.25) is 14.9 Å². The first-order chi connectivity index (χ1) is 7.00. The molecule has 0 spiro atoms. The van der Waals surface area contributed by atoms with Gasteiger partial charge in [-0.2, -0.15) is 0 Å². The fourth-order valence-electron chi connectivity index (χ4n) is 0.944. The number of nitro groups is 1. The van der Waals surface area contributed by atoms with Crippen LogP contribution in [0.5, 0.6) is 0 Å². The zero-order valence-corrected chi connectivity index (χ0v) is 8.01. The summed E-state index contributed by atoms with van der Waals surface area (Å²) in [6.45, 7) is 1.31. The number of hydrogen-bond donors (Lipinski definition) is 2. The van der Waals surface area contributed by atoms with Gasteiger partial charge in [-0.25, -0.2) is 0 Å². The van der Waals surface area contributed by atoms with Crippen molar-refractivity contribution >= 4 is 17.3 Å². The fraction of sp³-hybridized carbons (Fsp3) is 0.222. The van der Waals surface area contributed by atoms with E-state index in [2.05, 4.69) is 5.32 Å². The lowest BCUT2D eigenvalue weighted by Crippen LogP contribution is -2.24. The SMILES string of the molecule is C[C@@H](O)C(=O)Nc1cccc([N+](=O)[O-])c1. The molecule has 0 aliphatic carbocycles. The molecule has 1 rings (SSSR count). The normalized spacial score (nSPS) is 11.9. The van der Waals surface area contributed by atoms with Crippen molar-refractivity contribution in [2.45, 2.75) is 13.0 Å². The van der Waals surface area contributed by atoms with Crippen LogP contribution in [0, 0.1) is 10.1 Å². The summed E-state index contributed by atoms with van der Waals surface area (Å²) in [5.41, 5.74) is 0.175. The largest absolute Gasteiger partial charge is 0.384 e. The molecule has 1 amide bonds. The van der Waals surface area contributed by atoms with Crippen LogP contribution in [0.3, 0.4) is 0 Å². The van der Waals surface area contributed by atoms with Crippen molar-refractivity contribution in [1.29, 1.82) is 0 Å². The van der Waals surface area contributed by atoms with Crippen LogP contribution in [0.25, 0.3) is 0 Å². The number of rotatable bonds is 3. The van der Waals surface area contributed by atoms with E-state index in [9.17, 15) is 14.9 Å². The minimum absolute atomic E-state index is 0.113. The van der Waals surface area contributed by atoms with Gasteiger partial charge in [-0.1, -0.05) is 6.07 Å². The third-order valence-corrected chi connectivity index (χ3v) is 1.70. The highest BCUT2D eigenvalue weighted by Gasteiger charge is 2.11. The van der Waals surface area contributed by atoms with Gasteiger partial charge in [-0.15, -0.1) is 0 Å². The molecule has 0 aliphatic rings. The Kier molecular flexibility index (Phi) is 3.35. The van der Waals surface area contributed by atoms with Gasteiger partial charge in [0.15, 0.2) is 0 Å². The molecule has 0 bridgehead atoms. The number of benzene rings is 1. The Morgan fingerprint density at radius 1 is 1.60 bits per heavy atom. The monoisotopic (exact) mass is 210 g/mol. The minimum atomic E-state index is -1.15. The molecule has 0 aliphatic heterocycles. The molecule has 0 radical (unpaired) electrons. The zero-order chi connectivity index (χ0) is 11.4. The van der Waals surface area contributed by atoms with E-state index in [0.717, 1.165) is 0 Å². The summed E-state index contributed by atoms with van der Waals surface area (Å²) in [5, 5.41) is 21.7. The van der Waals surface area contributed by atoms with Crippen molar-refractivity contribution < 1.29 is 14.8 Å². The Hall–Kier alpha value is -1.95. The maximum absolute atomic E-state index is 11.1. The fourth-order valence-corrected chi connectivity index (χ4v) is 0.944. The van der Waals surface area contributed by atoms with Crippen LogP contribution in [0.1, 0.15) is 6.92 Å². The molecule has 15 heavy (non-hydrogen) atoms. The highest BCUT2D eigenvalue weighted by Crippen LogP contribution is 2.16. The predicted octanol–water partition coefficient (Wildman–Crippen LogP) is 0.914. The lowest BCUT2D eigenvalue weighted by molar-refractivity contribution is -0.384. The summed E-state index contributed by atoms with van der Waals surface area (Å²) in [7, 11) is 0. The van der Waals surface area contributed by atoms with E-state index in [4.69, 9.17) is 5.11 Å². The number of carbonyl (C=O) groups is 1. The van der Waals surface area contributed by atoms with Gasteiger partial charge in [0.2, 0.25) is 0 Å². The molecular weight excluding hydrogens is 200 g/mol. The van der Waals surface area contributed by atoms with Crippen molar-refractivity contribution in [1.82, 2.24) is 0 Å². The summed E-state index contributed by atoms with van der Waals surface area (Å²) in [4.78, 5) is 20.9. The molecular formula is C9H10N2O4. The average molecular weight is 210 g/mol. The van der Waals surface area contributed by atoms with Crippen LogP contribution in [0.4, 0.5) is 11.4 Å². The molecule has 6 nitrogen and oxygen atoms in total. The summed E-state index contributed by atoms with van der Waals surface area (Å²) >= 11 is 0. The Bertz CT molecular complexity index is 389. The number of carbonyl (C=O) groups excluding carboxylic acids is 1. The molecule has 0 heterocycles. The smallest absolute Gasteiger partial charge is 0.271 e. The van der Waals surface area contributed by atoms with Crippen LogP contribution in [-0.4, -0.2) is 22.0 Å². The first-order valence-electron chi connectivity index (χ1n) is 4.24. The first-order valence-corrected chi connectivity index (χ1v) is 4.24. The molecule has 0 saturated heterocycles. The van der Waals surface area contributed by atoms with Crippen molar-refractivity contribution in [3.05, 3.63) is 34.4 Å². The van der Waals surface area contributed by atoms with E-state index in [1.807, 2.05) is 0 Å². The van der Waals surface area contributed by atoms with Gasteiger partial charge in [0.05, 0.1) is 4.92 Å². The van der Waals surface area contributed by atoms with Crippen LogP contribution >= 0.6 is 0 Å². The second-order valence-electron chi connectivity index (χ2n) is 2.97. The number of hydrogen-bond acceptors (Lipinski definition) is 4. The van der Waals surface area contributed by atoms with Crippen LogP contribution in [0.2, 0.25) is 0 Å². The van der Waals surface area contributed by atoms with E-state index < -0.39 is 16.9 Å². The third-order valence-electron chi connectivity index (χ3n) is 1.70. The molecule has 0 aromatic heterocycles. The highest BCUT2D eigenvalue weighted by molar-refractivity contribution is 5.93. The summed E-state index contributed by atoms with van der Waals surface area (Å²) < 4.78 is 0. The van der Waals surface area contributed by atoms with E-state index in [1.165, 1.54) is 31.2 Å². The van der Waals surface area contributed by atoms with Crippen molar-refractivity contribution in [3.8, 4) is 0 Å². The number of amides is 1. The van der Waals surface area contributed by atoms with E-state index in [0.29, 0.717) is 0 Å². The molecule has 1 aromatic rings. The minimum Gasteiger partial charge on any atom is -0.384 e. The van der Waals surface area contributed by atoms with Crippen molar-refractivity contribution in [2.24, 2.45) is 0 Å². The Morgan fingerprint density at radius 2 is 2.27 bits per heavy atom. The molecule has 6 heteroatoms. The van der Waals surface area contributed by atoms with Crippen molar-refractivity contribution in [3.63, 3.8) is 0 Å². The number of aliphatic hydroxyl groups is 1. The van der Waals surface area contributed by atoms with Gasteiger partial charge >= 0.3 is 0 Å². The quantitative estimate of drug-likeness (QED) is 0.573. The Morgan fingerprint density at radius 3 is 2.80 bits per heavy atom. The average Bonchev–Trinajstić information content (AvgIpc) is 2.18. The lowest BCUT2D eigenvalue weighted by atomic mass is 10.2. The van der Waals surface area contributed by atoms with Crippen molar-refractivity contribution in [2.75, 3.05) is 5.32 Å². The molecule has 80 valence electrons. The van der Waals surface area contributed by atoms with Gasteiger partial charge < -0.3 is 10.4 Å². The lowest BCUT2D eigenvalue weighted by Gasteiger charge is -2.06. The zero-order valence-electron chi connectivity index (χ0n) is 8.01. The summed E-state index contributed by atoms with van der Waals surface area (Å²) in [5.74, 6) is -0.601. The van der Waals surface area contributed by atoms with Gasteiger partial charge in [0, 0.05) is 17.8 Å². The maximum Gasteiger partial charge on any atom is 0.271 e. The van der Waals surface area contributed by atoms with Gasteiger partial charge in [0.25, 0.3) is 11.6 Å². The Labute approximate surface area is 85.7 Å². The standard InChI is InChI=1S/C9H10N2O4/c1-6(12)9(13)10-7-3-2-4-8(5-7)11(14)15/h2-6,12H,1H3,(H,10,13)/t6-/m1/s1. The molecule has 0 saturated carbocycles.